The Bertz CT molecular complexity index is 230. The predicted octanol–water partition coefficient (Wildman–Crippen LogP) is 2.95. The van der Waals surface area contributed by atoms with Gasteiger partial charge in [0.1, 0.15) is 5.82 Å². The second-order valence-corrected chi connectivity index (χ2v) is 3.13. The predicted molar refractivity (Wildman–Crippen MR) is 49.0 cm³/mol. The zero-order valence-electron chi connectivity index (χ0n) is 5.85. The van der Waals surface area contributed by atoms with Crippen LogP contribution in [-0.4, -0.2) is 5.75 Å². The van der Waals surface area contributed by atoms with Crippen molar-refractivity contribution in [2.75, 3.05) is 5.75 Å². The second-order valence-electron chi connectivity index (χ2n) is 2.25. The van der Waals surface area contributed by atoms with Crippen LogP contribution in [0.4, 0.5) is 4.39 Å². The molecule has 0 radical (unpaired) electrons. The van der Waals surface area contributed by atoms with Crippen LogP contribution in [0.25, 0.3) is 0 Å². The summed E-state index contributed by atoms with van der Waals surface area (Å²) in [6, 6.07) is 4.52. The Morgan fingerprint density at radius 2 is 2.09 bits per heavy atom. The Morgan fingerprint density at radius 1 is 1.36 bits per heavy atom. The molecule has 60 valence electrons. The Labute approximate surface area is 75.8 Å². The van der Waals surface area contributed by atoms with Crippen molar-refractivity contribution in [1.29, 1.82) is 0 Å². The summed E-state index contributed by atoms with van der Waals surface area (Å²) in [5, 5.41) is 0.446. The van der Waals surface area contributed by atoms with Gasteiger partial charge in [0.05, 0.1) is 0 Å². The van der Waals surface area contributed by atoms with Crippen molar-refractivity contribution in [2.24, 2.45) is 0 Å². The van der Waals surface area contributed by atoms with Crippen LogP contribution in [0.15, 0.2) is 18.2 Å². The first-order valence-corrected chi connectivity index (χ1v) is 4.29. The van der Waals surface area contributed by atoms with E-state index in [1.165, 1.54) is 12.1 Å². The van der Waals surface area contributed by atoms with Crippen molar-refractivity contribution in [3.8, 4) is 0 Å². The molecule has 0 saturated heterocycles. The van der Waals surface area contributed by atoms with Gasteiger partial charge in [-0.25, -0.2) is 4.39 Å². The monoisotopic (exact) mass is 190 g/mol. The molecule has 1 aromatic rings. The van der Waals surface area contributed by atoms with Gasteiger partial charge in [-0.05, 0) is 35.9 Å². The highest BCUT2D eigenvalue weighted by atomic mass is 35.5. The van der Waals surface area contributed by atoms with Gasteiger partial charge in [0.15, 0.2) is 0 Å². The smallest absolute Gasteiger partial charge is 0.124 e. The molecule has 0 aliphatic heterocycles. The van der Waals surface area contributed by atoms with Crippen LogP contribution in [0.2, 0.25) is 5.02 Å². The molecule has 11 heavy (non-hydrogen) atoms. The number of benzene rings is 1. The highest BCUT2D eigenvalue weighted by Crippen LogP contribution is 2.14. The van der Waals surface area contributed by atoms with Crippen LogP contribution in [0, 0.1) is 5.82 Å². The zero-order valence-corrected chi connectivity index (χ0v) is 7.50. The molecule has 0 aliphatic rings. The summed E-state index contributed by atoms with van der Waals surface area (Å²) in [5.74, 6) is 0.425. The lowest BCUT2D eigenvalue weighted by Gasteiger charge is -1.98. The van der Waals surface area contributed by atoms with E-state index in [4.69, 9.17) is 11.6 Å². The minimum atomic E-state index is -0.283. The van der Waals surface area contributed by atoms with Gasteiger partial charge < -0.3 is 0 Å². The van der Waals surface area contributed by atoms with E-state index >= 15 is 0 Å². The molecule has 0 N–H and O–H groups in total. The number of aryl methyl sites for hydroxylation is 1. The van der Waals surface area contributed by atoms with E-state index in [9.17, 15) is 4.39 Å². The summed E-state index contributed by atoms with van der Waals surface area (Å²) in [6.07, 6.45) is 0.751. The van der Waals surface area contributed by atoms with Gasteiger partial charge in [-0.15, -0.1) is 0 Å². The SMILES string of the molecule is Fc1cc(Cl)cc(CCS)c1. The molecule has 0 aliphatic carbocycles. The van der Waals surface area contributed by atoms with E-state index in [0.717, 1.165) is 12.0 Å². The molecule has 1 rings (SSSR count). The van der Waals surface area contributed by atoms with Crippen molar-refractivity contribution in [2.45, 2.75) is 6.42 Å². The Morgan fingerprint density at radius 3 is 2.64 bits per heavy atom. The van der Waals surface area contributed by atoms with E-state index < -0.39 is 0 Å². The molecule has 0 saturated carbocycles. The van der Waals surface area contributed by atoms with Gasteiger partial charge in [0.2, 0.25) is 0 Å². The molecule has 0 unspecified atom stereocenters. The molecule has 0 atom stereocenters. The number of halogens is 2. The average molecular weight is 191 g/mol. The lowest BCUT2D eigenvalue weighted by Crippen LogP contribution is -1.87. The minimum absolute atomic E-state index is 0.283. The van der Waals surface area contributed by atoms with Crippen LogP contribution >= 0.6 is 24.2 Å². The topological polar surface area (TPSA) is 0 Å². The third-order valence-electron chi connectivity index (χ3n) is 1.32. The van der Waals surface area contributed by atoms with E-state index in [1.807, 2.05) is 0 Å². The number of hydrogen-bond acceptors (Lipinski definition) is 1. The number of thiol groups is 1. The summed E-state index contributed by atoms with van der Waals surface area (Å²) < 4.78 is 12.6. The van der Waals surface area contributed by atoms with Gasteiger partial charge in [-0.3, -0.25) is 0 Å². The minimum Gasteiger partial charge on any atom is -0.207 e. The molecule has 3 heteroatoms. The van der Waals surface area contributed by atoms with Gasteiger partial charge >= 0.3 is 0 Å². The van der Waals surface area contributed by atoms with E-state index in [1.54, 1.807) is 6.07 Å². The first-order valence-electron chi connectivity index (χ1n) is 3.28. The van der Waals surface area contributed by atoms with Crippen molar-refractivity contribution in [3.63, 3.8) is 0 Å². The third-order valence-corrected chi connectivity index (χ3v) is 1.76. The summed E-state index contributed by atoms with van der Waals surface area (Å²) in [4.78, 5) is 0. The Balaban J connectivity index is 2.89. The highest BCUT2D eigenvalue weighted by molar-refractivity contribution is 7.80. The summed E-state index contributed by atoms with van der Waals surface area (Å²) in [6.45, 7) is 0. The van der Waals surface area contributed by atoms with Crippen molar-refractivity contribution in [3.05, 3.63) is 34.6 Å². The third kappa shape index (κ3) is 2.72. The van der Waals surface area contributed by atoms with Crippen molar-refractivity contribution < 1.29 is 4.39 Å². The van der Waals surface area contributed by atoms with E-state index in [0.29, 0.717) is 10.8 Å². The van der Waals surface area contributed by atoms with E-state index in [-0.39, 0.29) is 5.82 Å². The molecule has 0 amide bonds. The quantitative estimate of drug-likeness (QED) is 0.682. The standard InChI is InChI=1S/C8H8ClFS/c9-7-3-6(1-2-11)4-8(10)5-7/h3-5,11H,1-2H2. The maximum absolute atomic E-state index is 12.6. The van der Waals surface area contributed by atoms with Gasteiger partial charge in [0, 0.05) is 5.02 Å². The van der Waals surface area contributed by atoms with Crippen LogP contribution in [0.5, 0.6) is 0 Å². The highest BCUT2D eigenvalue weighted by Gasteiger charge is 1.97. The molecule has 0 aromatic heterocycles. The summed E-state index contributed by atoms with van der Waals surface area (Å²) in [5.41, 5.74) is 0.894. The van der Waals surface area contributed by atoms with Crippen LogP contribution in [0.1, 0.15) is 5.56 Å². The number of hydrogen-bond donors (Lipinski definition) is 1. The molecule has 0 spiro atoms. The molecular weight excluding hydrogens is 183 g/mol. The summed E-state index contributed by atoms with van der Waals surface area (Å²) >= 11 is 9.66. The molecular formula is C8H8ClFS. The molecule has 0 heterocycles. The van der Waals surface area contributed by atoms with Crippen LogP contribution in [0.3, 0.4) is 0 Å². The zero-order chi connectivity index (χ0) is 8.27. The lowest BCUT2D eigenvalue weighted by atomic mass is 10.2. The summed E-state index contributed by atoms with van der Waals surface area (Å²) in [7, 11) is 0. The molecule has 1 aromatic carbocycles. The van der Waals surface area contributed by atoms with Gasteiger partial charge in [0.25, 0.3) is 0 Å². The molecule has 0 fully saturated rings. The lowest BCUT2D eigenvalue weighted by molar-refractivity contribution is 0.626. The van der Waals surface area contributed by atoms with Crippen LogP contribution < -0.4 is 0 Å². The largest absolute Gasteiger partial charge is 0.207 e. The second kappa shape index (κ2) is 3.98. The van der Waals surface area contributed by atoms with E-state index in [2.05, 4.69) is 12.6 Å². The number of rotatable bonds is 2. The first-order chi connectivity index (χ1) is 5.22. The maximum Gasteiger partial charge on any atom is 0.124 e. The fraction of sp³-hybridized carbons (Fsp3) is 0.250. The normalized spacial score (nSPS) is 10.1. The molecule has 0 nitrogen and oxygen atoms in total. The van der Waals surface area contributed by atoms with Crippen LogP contribution in [-0.2, 0) is 6.42 Å². The van der Waals surface area contributed by atoms with Crippen molar-refractivity contribution >= 4 is 24.2 Å². The average Bonchev–Trinajstić information content (AvgIpc) is 1.85. The fourth-order valence-electron chi connectivity index (χ4n) is 0.884. The fourth-order valence-corrected chi connectivity index (χ4v) is 1.39. The Kier molecular flexibility index (Phi) is 3.21. The maximum atomic E-state index is 12.6. The molecule has 0 bridgehead atoms. The van der Waals surface area contributed by atoms with Crippen molar-refractivity contribution in [1.82, 2.24) is 0 Å². The van der Waals surface area contributed by atoms with Gasteiger partial charge in [-0.2, -0.15) is 12.6 Å². The van der Waals surface area contributed by atoms with Gasteiger partial charge in [-0.1, -0.05) is 11.6 Å². The first kappa shape index (κ1) is 8.88. The Hall–Kier alpha value is -0.210.